The minimum atomic E-state index is 0.579. The summed E-state index contributed by atoms with van der Waals surface area (Å²) in [5.74, 6) is 1.78. The minimum Gasteiger partial charge on any atom is -0.353 e. The van der Waals surface area contributed by atoms with Crippen molar-refractivity contribution in [2.75, 3.05) is 36.0 Å². The second-order valence-electron chi connectivity index (χ2n) is 6.16. The summed E-state index contributed by atoms with van der Waals surface area (Å²) in [7, 11) is 1.89. The number of aryl methyl sites for hydroxylation is 1. The molecule has 26 heavy (non-hydrogen) atoms. The second-order valence-corrected chi connectivity index (χ2v) is 6.16. The highest BCUT2D eigenvalue weighted by Gasteiger charge is 2.20. The first kappa shape index (κ1) is 16.0. The Morgan fingerprint density at radius 3 is 2.35 bits per heavy atom. The van der Waals surface area contributed by atoms with Crippen molar-refractivity contribution in [3.63, 3.8) is 0 Å². The van der Waals surface area contributed by atoms with Crippen molar-refractivity contribution >= 4 is 11.6 Å². The van der Waals surface area contributed by atoms with Crippen molar-refractivity contribution in [3.8, 4) is 17.3 Å². The molecule has 3 aromatic heterocycles. The van der Waals surface area contributed by atoms with Crippen LogP contribution in [0.3, 0.4) is 0 Å². The van der Waals surface area contributed by atoms with Crippen molar-refractivity contribution in [2.24, 2.45) is 7.05 Å². The summed E-state index contributed by atoms with van der Waals surface area (Å²) in [5.41, 5.74) is 2.36. The van der Waals surface area contributed by atoms with Gasteiger partial charge in [0.1, 0.15) is 17.7 Å². The lowest BCUT2D eigenvalue weighted by Crippen LogP contribution is -2.47. The normalized spacial score (nSPS) is 14.3. The van der Waals surface area contributed by atoms with Crippen molar-refractivity contribution in [1.29, 1.82) is 5.26 Å². The van der Waals surface area contributed by atoms with E-state index in [1.807, 2.05) is 19.3 Å². The van der Waals surface area contributed by atoms with Gasteiger partial charge in [-0.05, 0) is 12.1 Å². The Kier molecular flexibility index (Phi) is 4.19. The van der Waals surface area contributed by atoms with Gasteiger partial charge >= 0.3 is 0 Å². The van der Waals surface area contributed by atoms with E-state index < -0.39 is 0 Å². The van der Waals surface area contributed by atoms with Crippen LogP contribution in [0.4, 0.5) is 11.6 Å². The fraction of sp³-hybridized carbons (Fsp3) is 0.278. The van der Waals surface area contributed by atoms with Crippen LogP contribution in [-0.4, -0.2) is 50.9 Å². The molecule has 130 valence electrons. The van der Waals surface area contributed by atoms with Gasteiger partial charge in [-0.15, -0.1) is 0 Å². The van der Waals surface area contributed by atoms with Crippen LogP contribution in [0.1, 0.15) is 5.56 Å². The smallest absolute Gasteiger partial charge is 0.147 e. The second kappa shape index (κ2) is 6.80. The van der Waals surface area contributed by atoms with Crippen LogP contribution >= 0.6 is 0 Å². The Balaban J connectivity index is 1.45. The fourth-order valence-electron chi connectivity index (χ4n) is 3.00. The highest BCUT2D eigenvalue weighted by Crippen LogP contribution is 2.21. The molecule has 3 aromatic rings. The Hall–Kier alpha value is -3.47. The number of piperazine rings is 1. The van der Waals surface area contributed by atoms with Gasteiger partial charge in [-0.3, -0.25) is 9.67 Å². The number of anilines is 2. The molecule has 4 heterocycles. The molecule has 1 saturated heterocycles. The quantitative estimate of drug-likeness (QED) is 0.710. The third-order valence-electron chi connectivity index (χ3n) is 4.43. The number of pyridine rings is 1. The number of aromatic nitrogens is 5. The van der Waals surface area contributed by atoms with Crippen LogP contribution in [0.25, 0.3) is 11.3 Å². The van der Waals surface area contributed by atoms with E-state index in [-0.39, 0.29) is 0 Å². The average Bonchev–Trinajstić information content (AvgIpc) is 3.15. The predicted molar refractivity (Wildman–Crippen MR) is 97.6 cm³/mol. The molecule has 8 nitrogen and oxygen atoms in total. The molecule has 0 spiro atoms. The molecule has 1 fully saturated rings. The third-order valence-corrected chi connectivity index (χ3v) is 4.43. The monoisotopic (exact) mass is 346 g/mol. The molecule has 0 atom stereocenters. The lowest BCUT2D eigenvalue weighted by atomic mass is 10.2. The number of nitrogens with zero attached hydrogens (tertiary/aromatic N) is 8. The molecule has 0 aliphatic carbocycles. The van der Waals surface area contributed by atoms with Crippen molar-refractivity contribution in [3.05, 3.63) is 48.7 Å². The molecule has 0 saturated carbocycles. The van der Waals surface area contributed by atoms with Gasteiger partial charge in [0.05, 0.1) is 29.8 Å². The summed E-state index contributed by atoms with van der Waals surface area (Å²) in [6.45, 7) is 3.37. The Bertz CT molecular complexity index is 932. The van der Waals surface area contributed by atoms with Crippen molar-refractivity contribution in [1.82, 2.24) is 24.7 Å². The molecule has 0 bridgehead atoms. The molecule has 0 N–H and O–H groups in total. The molecular formula is C18H18N8. The van der Waals surface area contributed by atoms with E-state index >= 15 is 0 Å². The van der Waals surface area contributed by atoms with Gasteiger partial charge in [-0.1, -0.05) is 0 Å². The first-order chi connectivity index (χ1) is 12.7. The van der Waals surface area contributed by atoms with Crippen LogP contribution in [0, 0.1) is 11.3 Å². The maximum atomic E-state index is 8.88. The van der Waals surface area contributed by atoms with Gasteiger partial charge in [0.25, 0.3) is 0 Å². The summed E-state index contributed by atoms with van der Waals surface area (Å²) in [6.07, 6.45) is 8.90. The average molecular weight is 346 g/mol. The molecule has 1 aliphatic heterocycles. The van der Waals surface area contributed by atoms with Crippen LogP contribution in [0.5, 0.6) is 0 Å². The summed E-state index contributed by atoms with van der Waals surface area (Å²) < 4.78 is 1.76. The Morgan fingerprint density at radius 1 is 0.962 bits per heavy atom. The number of hydrogen-bond donors (Lipinski definition) is 0. The van der Waals surface area contributed by atoms with Crippen LogP contribution in [-0.2, 0) is 7.05 Å². The number of rotatable bonds is 3. The summed E-state index contributed by atoms with van der Waals surface area (Å²) in [5, 5.41) is 13.1. The summed E-state index contributed by atoms with van der Waals surface area (Å²) >= 11 is 0. The minimum absolute atomic E-state index is 0.579. The molecule has 1 aliphatic rings. The lowest BCUT2D eigenvalue weighted by molar-refractivity contribution is 0.641. The SMILES string of the molecule is Cn1cc(-c2cncc(N3CCN(c4ccc(C#N)cn4)CC3)n2)cn1. The summed E-state index contributed by atoms with van der Waals surface area (Å²) in [4.78, 5) is 17.9. The van der Waals surface area contributed by atoms with Gasteiger partial charge in [-0.25, -0.2) is 9.97 Å². The fourth-order valence-corrected chi connectivity index (χ4v) is 3.00. The molecule has 0 radical (unpaired) electrons. The number of nitriles is 1. The van der Waals surface area contributed by atoms with E-state index in [0.717, 1.165) is 49.1 Å². The molecule has 0 aromatic carbocycles. The Morgan fingerprint density at radius 2 is 1.73 bits per heavy atom. The molecule has 4 rings (SSSR count). The van der Waals surface area contributed by atoms with E-state index in [9.17, 15) is 0 Å². The molecule has 0 amide bonds. The van der Waals surface area contributed by atoms with E-state index in [2.05, 4.69) is 30.9 Å². The van der Waals surface area contributed by atoms with Crippen LogP contribution < -0.4 is 9.80 Å². The first-order valence-electron chi connectivity index (χ1n) is 8.40. The van der Waals surface area contributed by atoms with E-state index in [1.54, 1.807) is 35.5 Å². The van der Waals surface area contributed by atoms with E-state index in [4.69, 9.17) is 10.2 Å². The van der Waals surface area contributed by atoms with Gasteiger partial charge in [-0.2, -0.15) is 10.4 Å². The van der Waals surface area contributed by atoms with Gasteiger partial charge in [0.15, 0.2) is 0 Å². The zero-order valence-electron chi connectivity index (χ0n) is 14.4. The first-order valence-corrected chi connectivity index (χ1v) is 8.40. The van der Waals surface area contributed by atoms with Gasteiger partial charge in [0, 0.05) is 51.2 Å². The summed E-state index contributed by atoms with van der Waals surface area (Å²) in [6, 6.07) is 5.80. The van der Waals surface area contributed by atoms with E-state index in [1.165, 1.54) is 0 Å². The molecule has 8 heteroatoms. The number of hydrogen-bond acceptors (Lipinski definition) is 7. The highest BCUT2D eigenvalue weighted by atomic mass is 15.3. The third kappa shape index (κ3) is 3.19. The largest absolute Gasteiger partial charge is 0.353 e. The maximum absolute atomic E-state index is 8.88. The lowest BCUT2D eigenvalue weighted by Gasteiger charge is -2.36. The highest BCUT2D eigenvalue weighted by molar-refractivity contribution is 5.58. The zero-order chi connectivity index (χ0) is 17.9. The molecular weight excluding hydrogens is 328 g/mol. The van der Waals surface area contributed by atoms with Crippen molar-refractivity contribution < 1.29 is 0 Å². The maximum Gasteiger partial charge on any atom is 0.147 e. The van der Waals surface area contributed by atoms with E-state index in [0.29, 0.717) is 5.56 Å². The molecule has 0 unspecified atom stereocenters. The Labute approximate surface area is 151 Å². The topological polar surface area (TPSA) is 86.8 Å². The zero-order valence-corrected chi connectivity index (χ0v) is 14.4. The van der Waals surface area contributed by atoms with Crippen LogP contribution in [0.2, 0.25) is 0 Å². The van der Waals surface area contributed by atoms with Gasteiger partial charge < -0.3 is 9.80 Å². The van der Waals surface area contributed by atoms with Crippen LogP contribution in [0.15, 0.2) is 43.1 Å². The van der Waals surface area contributed by atoms with Crippen molar-refractivity contribution in [2.45, 2.75) is 0 Å². The predicted octanol–water partition coefficient (Wildman–Crippen LogP) is 1.47. The van der Waals surface area contributed by atoms with Gasteiger partial charge in [0.2, 0.25) is 0 Å². The standard InChI is InChI=1S/C18H18N8/c1-24-13-15(10-22-24)16-11-20-12-18(23-16)26-6-4-25(5-7-26)17-3-2-14(8-19)9-21-17/h2-3,9-13H,4-7H2,1H3.